The van der Waals surface area contributed by atoms with Gasteiger partial charge in [0.15, 0.2) is 0 Å². The third kappa shape index (κ3) is 3.95. The van der Waals surface area contributed by atoms with Crippen LogP contribution in [0.15, 0.2) is 54.6 Å². The van der Waals surface area contributed by atoms with Crippen LogP contribution in [0.5, 0.6) is 0 Å². The van der Waals surface area contributed by atoms with Gasteiger partial charge in [-0.25, -0.2) is 4.79 Å². The Morgan fingerprint density at radius 2 is 1.65 bits per heavy atom. The average molecular weight is 269 g/mol. The smallest absolute Gasteiger partial charge is 0.338 e. The van der Waals surface area contributed by atoms with Gasteiger partial charge in [0.1, 0.15) is 6.61 Å². The van der Waals surface area contributed by atoms with Crippen molar-refractivity contribution in [2.24, 2.45) is 0 Å². The van der Waals surface area contributed by atoms with Crippen molar-refractivity contribution in [2.45, 2.75) is 13.5 Å². The molecular formula is C16H15NO3. The number of ether oxygens (including phenoxy) is 1. The molecule has 0 unspecified atom stereocenters. The third-order valence-electron chi connectivity index (χ3n) is 2.65. The molecular weight excluding hydrogens is 254 g/mol. The van der Waals surface area contributed by atoms with Gasteiger partial charge in [-0.15, -0.1) is 0 Å². The molecule has 0 spiro atoms. The van der Waals surface area contributed by atoms with Gasteiger partial charge in [0.25, 0.3) is 0 Å². The number of esters is 1. The highest BCUT2D eigenvalue weighted by Gasteiger charge is 2.07. The number of carbonyl (C=O) groups excluding carboxylic acids is 2. The lowest BCUT2D eigenvalue weighted by Crippen LogP contribution is -2.07. The van der Waals surface area contributed by atoms with Crippen molar-refractivity contribution in [1.29, 1.82) is 0 Å². The molecule has 0 saturated heterocycles. The maximum Gasteiger partial charge on any atom is 0.338 e. The number of benzene rings is 2. The first-order chi connectivity index (χ1) is 9.65. The van der Waals surface area contributed by atoms with E-state index in [0.29, 0.717) is 11.3 Å². The average Bonchev–Trinajstić information content (AvgIpc) is 2.46. The molecule has 1 N–H and O–H groups in total. The fourth-order valence-corrected chi connectivity index (χ4v) is 1.70. The van der Waals surface area contributed by atoms with Gasteiger partial charge in [-0.2, -0.15) is 0 Å². The summed E-state index contributed by atoms with van der Waals surface area (Å²) in [6, 6.07) is 16.1. The van der Waals surface area contributed by atoms with E-state index in [1.807, 2.05) is 30.3 Å². The first kappa shape index (κ1) is 13.8. The zero-order chi connectivity index (χ0) is 14.4. The Morgan fingerprint density at radius 1 is 1.00 bits per heavy atom. The predicted molar refractivity (Wildman–Crippen MR) is 76.3 cm³/mol. The molecule has 102 valence electrons. The monoisotopic (exact) mass is 269 g/mol. The van der Waals surface area contributed by atoms with Gasteiger partial charge >= 0.3 is 5.97 Å². The Morgan fingerprint density at radius 3 is 2.25 bits per heavy atom. The van der Waals surface area contributed by atoms with E-state index in [4.69, 9.17) is 4.74 Å². The number of hydrogen-bond acceptors (Lipinski definition) is 3. The Balaban J connectivity index is 1.94. The Bertz CT molecular complexity index is 591. The Kier molecular flexibility index (Phi) is 4.50. The van der Waals surface area contributed by atoms with Crippen LogP contribution >= 0.6 is 0 Å². The number of carbonyl (C=O) groups is 2. The molecule has 2 aromatic rings. The third-order valence-corrected chi connectivity index (χ3v) is 2.65. The van der Waals surface area contributed by atoms with Crippen molar-refractivity contribution in [3.8, 4) is 0 Å². The molecule has 0 heterocycles. The second-order valence-electron chi connectivity index (χ2n) is 4.32. The normalized spacial score (nSPS) is 9.85. The molecule has 0 radical (unpaired) electrons. The van der Waals surface area contributed by atoms with Crippen LogP contribution in [0.1, 0.15) is 22.8 Å². The molecule has 0 atom stereocenters. The molecule has 0 saturated carbocycles. The van der Waals surface area contributed by atoms with Gasteiger partial charge in [-0.05, 0) is 29.8 Å². The van der Waals surface area contributed by atoms with Crippen molar-refractivity contribution in [2.75, 3.05) is 5.32 Å². The summed E-state index contributed by atoms with van der Waals surface area (Å²) in [6.07, 6.45) is 0. The minimum absolute atomic E-state index is 0.149. The van der Waals surface area contributed by atoms with Gasteiger partial charge in [-0.1, -0.05) is 30.3 Å². The number of anilines is 1. The topological polar surface area (TPSA) is 55.4 Å². The van der Waals surface area contributed by atoms with Crippen LogP contribution in [0, 0.1) is 0 Å². The summed E-state index contributed by atoms with van der Waals surface area (Å²) in [5.41, 5.74) is 2.04. The summed E-state index contributed by atoms with van der Waals surface area (Å²) in [6.45, 7) is 1.68. The van der Waals surface area contributed by atoms with E-state index in [1.54, 1.807) is 24.3 Å². The second-order valence-corrected chi connectivity index (χ2v) is 4.32. The van der Waals surface area contributed by atoms with E-state index >= 15 is 0 Å². The minimum Gasteiger partial charge on any atom is -0.457 e. The number of rotatable bonds is 4. The molecule has 2 aromatic carbocycles. The fourth-order valence-electron chi connectivity index (χ4n) is 1.70. The molecule has 0 aliphatic carbocycles. The van der Waals surface area contributed by atoms with Crippen molar-refractivity contribution >= 4 is 17.6 Å². The van der Waals surface area contributed by atoms with Crippen molar-refractivity contribution in [1.82, 2.24) is 0 Å². The van der Waals surface area contributed by atoms with E-state index in [2.05, 4.69) is 5.32 Å². The SMILES string of the molecule is CC(=O)Nc1ccc(C(=O)OCc2ccccc2)cc1. The first-order valence-electron chi connectivity index (χ1n) is 6.24. The summed E-state index contributed by atoms with van der Waals surface area (Å²) in [5.74, 6) is -0.535. The standard InChI is InChI=1S/C16H15NO3/c1-12(18)17-15-9-7-14(8-10-15)16(19)20-11-13-5-3-2-4-6-13/h2-10H,11H2,1H3,(H,17,18). The largest absolute Gasteiger partial charge is 0.457 e. The summed E-state index contributed by atoms with van der Waals surface area (Å²) < 4.78 is 5.21. The lowest BCUT2D eigenvalue weighted by Gasteiger charge is -2.06. The molecule has 0 aliphatic heterocycles. The van der Waals surface area contributed by atoms with Crippen molar-refractivity contribution in [3.05, 3.63) is 65.7 Å². The van der Waals surface area contributed by atoms with Crippen LogP contribution in [0.2, 0.25) is 0 Å². The summed E-state index contributed by atoms with van der Waals surface area (Å²) in [4.78, 5) is 22.7. The highest BCUT2D eigenvalue weighted by Crippen LogP contribution is 2.11. The van der Waals surface area contributed by atoms with Gasteiger partial charge < -0.3 is 10.1 Å². The van der Waals surface area contributed by atoms with E-state index < -0.39 is 0 Å². The van der Waals surface area contributed by atoms with Crippen LogP contribution in [-0.4, -0.2) is 11.9 Å². The summed E-state index contributed by atoms with van der Waals surface area (Å²) in [7, 11) is 0. The van der Waals surface area contributed by atoms with E-state index in [9.17, 15) is 9.59 Å². The zero-order valence-corrected chi connectivity index (χ0v) is 11.1. The molecule has 20 heavy (non-hydrogen) atoms. The molecule has 4 heteroatoms. The molecule has 0 fully saturated rings. The Hall–Kier alpha value is -2.62. The van der Waals surface area contributed by atoms with E-state index in [0.717, 1.165) is 5.56 Å². The summed E-state index contributed by atoms with van der Waals surface area (Å²) in [5, 5.41) is 2.64. The number of hydrogen-bond donors (Lipinski definition) is 1. The molecule has 0 bridgehead atoms. The highest BCUT2D eigenvalue weighted by molar-refractivity contribution is 5.92. The van der Waals surface area contributed by atoms with Crippen LogP contribution in [0.3, 0.4) is 0 Å². The lowest BCUT2D eigenvalue weighted by atomic mass is 10.2. The lowest BCUT2D eigenvalue weighted by molar-refractivity contribution is -0.114. The van der Waals surface area contributed by atoms with Crippen molar-refractivity contribution < 1.29 is 14.3 Å². The minimum atomic E-state index is -0.386. The second kappa shape index (κ2) is 6.52. The highest BCUT2D eigenvalue weighted by atomic mass is 16.5. The summed E-state index contributed by atoms with van der Waals surface area (Å²) >= 11 is 0. The molecule has 0 aromatic heterocycles. The fraction of sp³-hybridized carbons (Fsp3) is 0.125. The maximum absolute atomic E-state index is 11.8. The predicted octanol–water partition coefficient (Wildman–Crippen LogP) is 3.00. The maximum atomic E-state index is 11.8. The van der Waals surface area contributed by atoms with E-state index in [-0.39, 0.29) is 18.5 Å². The van der Waals surface area contributed by atoms with Crippen LogP contribution in [0.4, 0.5) is 5.69 Å². The molecule has 4 nitrogen and oxygen atoms in total. The molecule has 1 amide bonds. The van der Waals surface area contributed by atoms with Gasteiger partial charge in [0, 0.05) is 12.6 Å². The molecule has 0 aliphatic rings. The zero-order valence-electron chi connectivity index (χ0n) is 11.1. The van der Waals surface area contributed by atoms with Gasteiger partial charge in [0.2, 0.25) is 5.91 Å². The quantitative estimate of drug-likeness (QED) is 0.868. The first-order valence-corrected chi connectivity index (χ1v) is 6.24. The molecule has 2 rings (SSSR count). The number of nitrogens with one attached hydrogen (secondary N) is 1. The van der Waals surface area contributed by atoms with Crippen molar-refractivity contribution in [3.63, 3.8) is 0 Å². The van der Waals surface area contributed by atoms with Gasteiger partial charge in [-0.3, -0.25) is 4.79 Å². The van der Waals surface area contributed by atoms with Crippen LogP contribution in [-0.2, 0) is 16.1 Å². The Labute approximate surface area is 117 Å². The number of amides is 1. The van der Waals surface area contributed by atoms with Crippen LogP contribution in [0.25, 0.3) is 0 Å². The van der Waals surface area contributed by atoms with Gasteiger partial charge in [0.05, 0.1) is 5.56 Å². The van der Waals surface area contributed by atoms with E-state index in [1.165, 1.54) is 6.92 Å². The van der Waals surface area contributed by atoms with Crippen LogP contribution < -0.4 is 5.32 Å².